The van der Waals surface area contributed by atoms with E-state index in [4.69, 9.17) is 15.6 Å². The topological polar surface area (TPSA) is 109 Å². The van der Waals surface area contributed by atoms with E-state index in [0.29, 0.717) is 16.6 Å². The van der Waals surface area contributed by atoms with Crippen molar-refractivity contribution in [2.45, 2.75) is 49.8 Å². The number of carbonyl (C=O) groups is 1. The van der Waals surface area contributed by atoms with Crippen LogP contribution in [0.5, 0.6) is 0 Å². The first-order valence-electron chi connectivity index (χ1n) is 9.22. The molecule has 3 rings (SSSR count). The summed E-state index contributed by atoms with van der Waals surface area (Å²) in [5, 5.41) is 8.47. The normalized spacial score (nSPS) is 19.5. The molecule has 29 heavy (non-hydrogen) atoms. The maximum Gasteiger partial charge on any atom is 0.490 e. The van der Waals surface area contributed by atoms with Gasteiger partial charge in [-0.2, -0.15) is 24.9 Å². The number of carboxylic acids is 1. The first-order valence-corrected chi connectivity index (χ1v) is 10.3. The van der Waals surface area contributed by atoms with Gasteiger partial charge < -0.3 is 15.8 Å². The van der Waals surface area contributed by atoms with Crippen LogP contribution in [0.1, 0.15) is 37.1 Å². The van der Waals surface area contributed by atoms with Crippen molar-refractivity contribution in [3.8, 4) is 0 Å². The summed E-state index contributed by atoms with van der Waals surface area (Å²) in [4.78, 5) is 28.6. The Morgan fingerprint density at radius 2 is 1.93 bits per heavy atom. The van der Waals surface area contributed by atoms with Crippen molar-refractivity contribution < 1.29 is 23.1 Å². The number of aromatic nitrogens is 2. The lowest BCUT2D eigenvalue weighted by Gasteiger charge is -2.27. The average molecular weight is 431 g/mol. The second-order valence-corrected chi connectivity index (χ2v) is 8.26. The first kappa shape index (κ1) is 23.2. The van der Waals surface area contributed by atoms with Gasteiger partial charge in [0.05, 0.1) is 16.7 Å². The fourth-order valence-electron chi connectivity index (χ4n) is 3.15. The van der Waals surface area contributed by atoms with Crippen LogP contribution in [-0.4, -0.2) is 39.0 Å². The summed E-state index contributed by atoms with van der Waals surface area (Å²) in [6, 6.07) is 5.73. The molecule has 0 aliphatic heterocycles. The van der Waals surface area contributed by atoms with Gasteiger partial charge in [-0.15, -0.1) is 0 Å². The number of rotatable bonds is 4. The van der Waals surface area contributed by atoms with Gasteiger partial charge in [0, 0.05) is 5.25 Å². The summed E-state index contributed by atoms with van der Waals surface area (Å²) in [5.74, 6) is -0.486. The molecule has 0 radical (unpaired) electrons. The number of hydrogen-bond acceptors (Lipinski definition) is 5. The number of thioether (sulfide) groups is 1. The highest BCUT2D eigenvalue weighted by molar-refractivity contribution is 7.99. The molecule has 1 aromatic heterocycles. The summed E-state index contributed by atoms with van der Waals surface area (Å²) in [5.41, 5.74) is 7.59. The number of hydrogen-bond donors (Lipinski definition) is 3. The van der Waals surface area contributed by atoms with E-state index in [9.17, 15) is 18.0 Å². The molecule has 0 saturated heterocycles. The number of nitrogens with zero attached hydrogens (tertiary/aromatic N) is 1. The molecule has 4 N–H and O–H groups in total. The van der Waals surface area contributed by atoms with Crippen molar-refractivity contribution in [3.63, 3.8) is 0 Å². The van der Waals surface area contributed by atoms with Crippen LogP contribution in [-0.2, 0) is 10.5 Å². The fraction of sp³-hybridized carbons (Fsp3) is 0.526. The third kappa shape index (κ3) is 6.74. The predicted molar refractivity (Wildman–Crippen MR) is 107 cm³/mol. The minimum Gasteiger partial charge on any atom is -0.475 e. The van der Waals surface area contributed by atoms with Crippen molar-refractivity contribution in [3.05, 3.63) is 39.9 Å². The predicted octanol–water partition coefficient (Wildman–Crippen LogP) is 3.62. The molecule has 1 fully saturated rings. The summed E-state index contributed by atoms with van der Waals surface area (Å²) < 4.78 is 31.7. The number of fused-ring (bicyclic) bond motifs is 1. The van der Waals surface area contributed by atoms with Crippen LogP contribution in [0.3, 0.4) is 0 Å². The van der Waals surface area contributed by atoms with Crippen molar-refractivity contribution in [2.24, 2.45) is 11.7 Å². The number of alkyl halides is 3. The lowest BCUT2D eigenvalue weighted by molar-refractivity contribution is -0.192. The lowest BCUT2D eigenvalue weighted by atomic mass is 9.89. The Kier molecular flexibility index (Phi) is 8.09. The highest BCUT2D eigenvalue weighted by Crippen LogP contribution is 2.32. The minimum atomic E-state index is -5.08. The van der Waals surface area contributed by atoms with E-state index in [1.807, 2.05) is 36.9 Å². The Morgan fingerprint density at radius 1 is 1.31 bits per heavy atom. The molecule has 10 heteroatoms. The Bertz CT molecular complexity index is 894. The van der Waals surface area contributed by atoms with Crippen LogP contribution in [0, 0.1) is 12.8 Å². The molecule has 6 nitrogen and oxygen atoms in total. The molecular weight excluding hydrogens is 407 g/mol. The highest BCUT2D eigenvalue weighted by atomic mass is 32.2. The van der Waals surface area contributed by atoms with Gasteiger partial charge in [-0.05, 0) is 56.7 Å². The monoisotopic (exact) mass is 431 g/mol. The van der Waals surface area contributed by atoms with Crippen LogP contribution >= 0.6 is 11.8 Å². The largest absolute Gasteiger partial charge is 0.490 e. The van der Waals surface area contributed by atoms with E-state index in [1.165, 1.54) is 25.7 Å². The maximum absolute atomic E-state index is 12.2. The van der Waals surface area contributed by atoms with Gasteiger partial charge in [0.1, 0.15) is 5.82 Å². The number of aromatic amines is 1. The fourth-order valence-corrected chi connectivity index (χ4v) is 4.29. The summed E-state index contributed by atoms with van der Waals surface area (Å²) in [6.45, 7) is 2.82. The second-order valence-electron chi connectivity index (χ2n) is 6.98. The van der Waals surface area contributed by atoms with E-state index in [0.717, 1.165) is 29.2 Å². The maximum atomic E-state index is 12.2. The number of carboxylic acid groups (broad SMARTS) is 1. The number of nitrogens with one attached hydrogen (secondary N) is 1. The molecule has 1 aliphatic rings. The Hall–Kier alpha value is -2.07. The van der Waals surface area contributed by atoms with Crippen LogP contribution < -0.4 is 11.3 Å². The summed E-state index contributed by atoms with van der Waals surface area (Å²) in [7, 11) is 0. The van der Waals surface area contributed by atoms with E-state index >= 15 is 0 Å². The molecule has 160 valence electrons. The molecule has 0 spiro atoms. The van der Waals surface area contributed by atoms with Gasteiger partial charge >= 0.3 is 12.1 Å². The Labute approximate surface area is 170 Å². The average Bonchev–Trinajstić information content (AvgIpc) is 2.67. The molecule has 0 bridgehead atoms. The second kappa shape index (κ2) is 10.1. The SMILES string of the molecule is Cc1cccc2c(=O)[nH]c(CSC3CCC(CN)CC3)nc12.O=C(O)C(F)(F)F. The molecule has 1 aromatic carbocycles. The molecule has 1 aliphatic carbocycles. The molecule has 0 amide bonds. The molecule has 0 unspecified atom stereocenters. The number of nitrogens with two attached hydrogens (primary N) is 1. The zero-order valence-electron chi connectivity index (χ0n) is 16.0. The Balaban J connectivity index is 0.000000370. The highest BCUT2D eigenvalue weighted by Gasteiger charge is 2.38. The van der Waals surface area contributed by atoms with Gasteiger partial charge in [0.2, 0.25) is 0 Å². The third-order valence-corrected chi connectivity index (χ3v) is 6.20. The van der Waals surface area contributed by atoms with Gasteiger partial charge in [-0.1, -0.05) is 12.1 Å². The van der Waals surface area contributed by atoms with Crippen molar-refractivity contribution in [2.75, 3.05) is 6.54 Å². The zero-order chi connectivity index (χ0) is 21.6. The minimum absolute atomic E-state index is 0.0314. The number of benzene rings is 1. The lowest BCUT2D eigenvalue weighted by Crippen LogP contribution is -2.22. The summed E-state index contributed by atoms with van der Waals surface area (Å²) in [6.07, 6.45) is -0.170. The van der Waals surface area contributed by atoms with Crippen molar-refractivity contribution >= 4 is 28.6 Å². The van der Waals surface area contributed by atoms with Gasteiger partial charge in [-0.25, -0.2) is 9.78 Å². The molecule has 0 atom stereocenters. The zero-order valence-corrected chi connectivity index (χ0v) is 16.8. The van der Waals surface area contributed by atoms with Crippen LogP contribution in [0.25, 0.3) is 10.9 Å². The number of aryl methyl sites for hydroxylation is 1. The van der Waals surface area contributed by atoms with Crippen LogP contribution in [0.15, 0.2) is 23.0 Å². The third-order valence-electron chi connectivity index (χ3n) is 4.81. The number of halogens is 3. The molecule has 1 saturated carbocycles. The van der Waals surface area contributed by atoms with Crippen LogP contribution in [0.4, 0.5) is 13.2 Å². The van der Waals surface area contributed by atoms with Gasteiger partial charge in [0.15, 0.2) is 0 Å². The standard InChI is InChI=1S/C17H23N3OS.C2HF3O2/c1-11-3-2-4-14-16(11)19-15(20-17(14)21)10-22-13-7-5-12(9-18)6-8-13;3-2(4,5)1(6)7/h2-4,12-13H,5-10,18H2,1H3,(H,19,20,21);(H,6,7). The van der Waals surface area contributed by atoms with E-state index in [1.54, 1.807) is 0 Å². The number of aliphatic carboxylic acids is 1. The molecular formula is C19H24F3N3O3S. The first-order chi connectivity index (χ1) is 13.6. The molecule has 2 aromatic rings. The summed E-state index contributed by atoms with van der Waals surface area (Å²) >= 11 is 1.91. The molecule has 1 heterocycles. The Morgan fingerprint density at radius 3 is 2.48 bits per heavy atom. The quantitative estimate of drug-likeness (QED) is 0.682. The number of H-pyrrole nitrogens is 1. The van der Waals surface area contributed by atoms with Crippen molar-refractivity contribution in [1.29, 1.82) is 0 Å². The van der Waals surface area contributed by atoms with Crippen LogP contribution in [0.2, 0.25) is 0 Å². The number of para-hydroxylation sites is 1. The van der Waals surface area contributed by atoms with Gasteiger partial charge in [-0.3, -0.25) is 4.79 Å². The van der Waals surface area contributed by atoms with E-state index in [2.05, 4.69) is 9.97 Å². The smallest absolute Gasteiger partial charge is 0.475 e. The van der Waals surface area contributed by atoms with E-state index in [-0.39, 0.29) is 5.56 Å². The van der Waals surface area contributed by atoms with Crippen molar-refractivity contribution in [1.82, 2.24) is 9.97 Å². The van der Waals surface area contributed by atoms with Gasteiger partial charge in [0.25, 0.3) is 5.56 Å². The van der Waals surface area contributed by atoms with E-state index < -0.39 is 12.1 Å².